The monoisotopic (exact) mass is 276 g/mol. The Hall–Kier alpha value is -1.62. The van der Waals surface area contributed by atoms with Crippen molar-refractivity contribution in [3.8, 4) is 0 Å². The fraction of sp³-hybridized carbons (Fsp3) is 0.600. The molecular weight excluding hydrogens is 252 g/mol. The number of rotatable bonds is 4. The number of hydrogen-bond donors (Lipinski definition) is 1. The minimum Gasteiger partial charge on any atom is -0.397 e. The van der Waals surface area contributed by atoms with Gasteiger partial charge in [-0.15, -0.1) is 0 Å². The second-order valence-electron chi connectivity index (χ2n) is 5.47. The van der Waals surface area contributed by atoms with E-state index < -0.39 is 0 Å². The second-order valence-corrected chi connectivity index (χ2v) is 5.47. The maximum atomic E-state index is 12.4. The fourth-order valence-corrected chi connectivity index (χ4v) is 2.72. The molecule has 0 atom stereocenters. The average Bonchev–Trinajstić information content (AvgIpc) is 2.48. The van der Waals surface area contributed by atoms with E-state index in [4.69, 9.17) is 5.73 Å². The molecule has 1 aliphatic heterocycles. The number of piperidine rings is 1. The molecule has 110 valence electrons. The molecule has 0 saturated carbocycles. The van der Waals surface area contributed by atoms with Gasteiger partial charge >= 0.3 is 0 Å². The lowest BCUT2D eigenvalue weighted by Gasteiger charge is -2.36. The van der Waals surface area contributed by atoms with Crippen LogP contribution in [0.2, 0.25) is 0 Å². The highest BCUT2D eigenvalue weighted by Crippen LogP contribution is 2.17. The molecule has 0 bridgehead atoms. The van der Waals surface area contributed by atoms with Gasteiger partial charge in [0.25, 0.3) is 5.91 Å². The number of aromatic nitrogens is 1. The Morgan fingerprint density at radius 3 is 2.70 bits per heavy atom. The molecule has 5 nitrogen and oxygen atoms in total. The van der Waals surface area contributed by atoms with Crippen molar-refractivity contribution in [3.05, 3.63) is 24.0 Å². The van der Waals surface area contributed by atoms with Gasteiger partial charge in [0.05, 0.1) is 11.9 Å². The zero-order valence-corrected chi connectivity index (χ0v) is 12.4. The summed E-state index contributed by atoms with van der Waals surface area (Å²) in [6.07, 6.45) is 4.80. The Morgan fingerprint density at radius 2 is 2.15 bits per heavy atom. The molecule has 5 heteroatoms. The van der Waals surface area contributed by atoms with E-state index >= 15 is 0 Å². The van der Waals surface area contributed by atoms with Gasteiger partial charge in [0.1, 0.15) is 5.69 Å². The van der Waals surface area contributed by atoms with Crippen molar-refractivity contribution in [3.63, 3.8) is 0 Å². The largest absolute Gasteiger partial charge is 0.397 e. The Labute approximate surface area is 120 Å². The maximum absolute atomic E-state index is 12.4. The summed E-state index contributed by atoms with van der Waals surface area (Å²) >= 11 is 0. The van der Waals surface area contributed by atoms with Crippen LogP contribution in [0.5, 0.6) is 0 Å². The van der Waals surface area contributed by atoms with Crippen LogP contribution in [0.15, 0.2) is 18.3 Å². The van der Waals surface area contributed by atoms with Crippen molar-refractivity contribution in [1.29, 1.82) is 0 Å². The van der Waals surface area contributed by atoms with Crippen molar-refractivity contribution >= 4 is 11.6 Å². The molecule has 0 unspecified atom stereocenters. The number of hydrogen-bond acceptors (Lipinski definition) is 4. The van der Waals surface area contributed by atoms with E-state index in [1.807, 2.05) is 11.9 Å². The normalized spacial score (nSPS) is 17.1. The lowest BCUT2D eigenvalue weighted by atomic mass is 10.0. The summed E-state index contributed by atoms with van der Waals surface area (Å²) in [6, 6.07) is 3.73. The number of likely N-dealkylation sites (tertiary alicyclic amines) is 1. The van der Waals surface area contributed by atoms with Crippen LogP contribution in [0.1, 0.15) is 36.7 Å². The fourth-order valence-electron chi connectivity index (χ4n) is 2.72. The van der Waals surface area contributed by atoms with Gasteiger partial charge in [0.2, 0.25) is 0 Å². The summed E-state index contributed by atoms with van der Waals surface area (Å²) in [7, 11) is 1.88. The van der Waals surface area contributed by atoms with E-state index in [9.17, 15) is 4.79 Å². The van der Waals surface area contributed by atoms with Crippen LogP contribution in [-0.2, 0) is 0 Å². The van der Waals surface area contributed by atoms with E-state index in [1.54, 1.807) is 12.1 Å². The van der Waals surface area contributed by atoms with Crippen LogP contribution in [0, 0.1) is 0 Å². The minimum atomic E-state index is -0.0149. The van der Waals surface area contributed by atoms with Crippen LogP contribution in [0.25, 0.3) is 0 Å². The topological polar surface area (TPSA) is 62.5 Å². The molecule has 0 aromatic carbocycles. The van der Waals surface area contributed by atoms with Crippen molar-refractivity contribution < 1.29 is 4.79 Å². The predicted molar refractivity (Wildman–Crippen MR) is 80.5 cm³/mol. The van der Waals surface area contributed by atoms with Gasteiger partial charge in [-0.3, -0.25) is 4.79 Å². The summed E-state index contributed by atoms with van der Waals surface area (Å²) < 4.78 is 0. The highest BCUT2D eigenvalue weighted by Gasteiger charge is 2.26. The standard InChI is InChI=1S/C15H24N4O/c1-3-8-19-9-6-13(7-10-19)18(2)15(20)14-5-4-12(16)11-17-14/h4-5,11,13H,3,6-10,16H2,1-2H3. The number of nitrogen functional groups attached to an aromatic ring is 1. The zero-order chi connectivity index (χ0) is 14.5. The van der Waals surface area contributed by atoms with Crippen LogP contribution in [0.4, 0.5) is 5.69 Å². The molecule has 1 aromatic heterocycles. The lowest BCUT2D eigenvalue weighted by molar-refractivity contribution is 0.0637. The molecule has 1 aliphatic rings. The maximum Gasteiger partial charge on any atom is 0.272 e. The third-order valence-electron chi connectivity index (χ3n) is 3.97. The van der Waals surface area contributed by atoms with Crippen LogP contribution in [0.3, 0.4) is 0 Å². The van der Waals surface area contributed by atoms with Crippen LogP contribution < -0.4 is 5.73 Å². The van der Waals surface area contributed by atoms with E-state index in [1.165, 1.54) is 12.6 Å². The highest BCUT2D eigenvalue weighted by atomic mass is 16.2. The van der Waals surface area contributed by atoms with Gasteiger partial charge in [0, 0.05) is 26.2 Å². The molecule has 0 aliphatic carbocycles. The second kappa shape index (κ2) is 6.70. The SMILES string of the molecule is CCCN1CCC(N(C)C(=O)c2ccc(N)cn2)CC1. The first-order valence-electron chi connectivity index (χ1n) is 7.33. The summed E-state index contributed by atoms with van der Waals surface area (Å²) in [4.78, 5) is 20.8. The van der Waals surface area contributed by atoms with E-state index in [0.717, 1.165) is 32.5 Å². The molecule has 1 saturated heterocycles. The first-order valence-corrected chi connectivity index (χ1v) is 7.33. The molecule has 1 amide bonds. The first kappa shape index (κ1) is 14.8. The Kier molecular flexibility index (Phi) is 4.95. The Balaban J connectivity index is 1.93. The smallest absolute Gasteiger partial charge is 0.272 e. The molecule has 0 spiro atoms. The van der Waals surface area contributed by atoms with Crippen molar-refractivity contribution in [2.45, 2.75) is 32.2 Å². The number of nitrogens with two attached hydrogens (primary N) is 1. The van der Waals surface area contributed by atoms with E-state index in [-0.39, 0.29) is 5.91 Å². The van der Waals surface area contributed by atoms with Gasteiger partial charge < -0.3 is 15.5 Å². The van der Waals surface area contributed by atoms with Gasteiger partial charge in [-0.2, -0.15) is 0 Å². The Bertz CT molecular complexity index is 438. The molecule has 1 fully saturated rings. The molecule has 0 radical (unpaired) electrons. The van der Waals surface area contributed by atoms with Crippen molar-refractivity contribution in [1.82, 2.24) is 14.8 Å². The molecule has 2 heterocycles. The third-order valence-corrected chi connectivity index (χ3v) is 3.97. The summed E-state index contributed by atoms with van der Waals surface area (Å²) in [5.74, 6) is -0.0149. The number of carbonyl (C=O) groups excluding carboxylic acids is 1. The summed E-state index contributed by atoms with van der Waals surface area (Å²) in [5, 5.41) is 0. The molecule has 2 rings (SSSR count). The molecule has 2 N–H and O–H groups in total. The van der Waals surface area contributed by atoms with Gasteiger partial charge in [-0.25, -0.2) is 4.98 Å². The quantitative estimate of drug-likeness (QED) is 0.907. The van der Waals surface area contributed by atoms with Crippen LogP contribution in [-0.4, -0.2) is 53.4 Å². The first-order chi connectivity index (χ1) is 9.61. The summed E-state index contributed by atoms with van der Waals surface area (Å²) in [6.45, 7) is 5.51. The van der Waals surface area contributed by atoms with Gasteiger partial charge in [-0.05, 0) is 37.9 Å². The molecule has 1 aromatic rings. The van der Waals surface area contributed by atoms with E-state index in [2.05, 4.69) is 16.8 Å². The minimum absolute atomic E-state index is 0.0149. The zero-order valence-electron chi connectivity index (χ0n) is 12.4. The number of anilines is 1. The van der Waals surface area contributed by atoms with Gasteiger partial charge in [-0.1, -0.05) is 6.92 Å². The average molecular weight is 276 g/mol. The summed E-state index contributed by atoms with van der Waals surface area (Å²) in [5.41, 5.74) is 6.65. The third kappa shape index (κ3) is 3.48. The van der Waals surface area contributed by atoms with E-state index in [0.29, 0.717) is 17.4 Å². The van der Waals surface area contributed by atoms with Crippen molar-refractivity contribution in [2.24, 2.45) is 0 Å². The lowest BCUT2D eigenvalue weighted by Crippen LogP contribution is -2.45. The van der Waals surface area contributed by atoms with Gasteiger partial charge in [0.15, 0.2) is 0 Å². The number of pyridine rings is 1. The highest BCUT2D eigenvalue weighted by molar-refractivity contribution is 5.92. The number of carbonyl (C=O) groups is 1. The van der Waals surface area contributed by atoms with Crippen molar-refractivity contribution in [2.75, 3.05) is 32.4 Å². The molecule has 20 heavy (non-hydrogen) atoms. The number of amides is 1. The predicted octanol–water partition coefficient (Wildman–Crippen LogP) is 1.61. The Morgan fingerprint density at radius 1 is 1.45 bits per heavy atom. The van der Waals surface area contributed by atoms with Crippen LogP contribution >= 0.6 is 0 Å². The molecular formula is C15H24N4O. The number of nitrogens with zero attached hydrogens (tertiary/aromatic N) is 3.